The first-order valence-electron chi connectivity index (χ1n) is 21.9. The Morgan fingerprint density at radius 1 is 0.469 bits per heavy atom. The van der Waals surface area contributed by atoms with Gasteiger partial charge in [0.1, 0.15) is 11.3 Å². The molecule has 0 aliphatic heterocycles. The fraction of sp³-hybridized carbons (Fsp3) is 0.0164. The van der Waals surface area contributed by atoms with Crippen molar-refractivity contribution >= 4 is 94.3 Å². The van der Waals surface area contributed by atoms with Gasteiger partial charge in [-0.3, -0.25) is 0 Å². The number of allylic oxidation sites excluding steroid dienone is 1. The van der Waals surface area contributed by atoms with E-state index in [1.807, 2.05) is 13.0 Å². The molecule has 64 heavy (non-hydrogen) atoms. The van der Waals surface area contributed by atoms with Gasteiger partial charge in [-0.05, 0) is 106 Å². The van der Waals surface area contributed by atoms with Crippen LogP contribution in [0.2, 0.25) is 0 Å². The SMILES string of the molecule is C=Cc1oc2c(-c3ccc(N(c4ccc(-c5ccc6c(c5)c5ccccc5n6-c5cccc6ccccc56)cc4)c4cc5ccccc5c5ccccc45)cc3)cccc2c1/C=C\C. The van der Waals surface area contributed by atoms with Crippen LogP contribution in [0.15, 0.2) is 223 Å². The Morgan fingerprint density at radius 2 is 1.06 bits per heavy atom. The van der Waals surface area contributed by atoms with E-state index in [0.717, 1.165) is 56.0 Å². The Bertz CT molecular complexity index is 3800. The molecule has 0 aliphatic carbocycles. The van der Waals surface area contributed by atoms with E-state index in [1.165, 1.54) is 65.4 Å². The number of nitrogens with zero attached hydrogens (tertiary/aromatic N) is 2. The second-order valence-electron chi connectivity index (χ2n) is 16.4. The highest BCUT2D eigenvalue weighted by atomic mass is 16.3. The lowest BCUT2D eigenvalue weighted by atomic mass is 9.98. The summed E-state index contributed by atoms with van der Waals surface area (Å²) < 4.78 is 8.86. The van der Waals surface area contributed by atoms with Crippen molar-refractivity contribution in [1.82, 2.24) is 4.57 Å². The van der Waals surface area contributed by atoms with Crippen LogP contribution >= 0.6 is 0 Å². The Balaban J connectivity index is 0.987. The largest absolute Gasteiger partial charge is 0.455 e. The maximum absolute atomic E-state index is 6.44. The molecule has 2 heterocycles. The molecule has 12 aromatic rings. The number of hydrogen-bond donors (Lipinski definition) is 0. The molecule has 2 aromatic heterocycles. The molecular formula is C61H42N2O. The van der Waals surface area contributed by atoms with Crippen molar-refractivity contribution < 1.29 is 4.42 Å². The lowest BCUT2D eigenvalue weighted by Crippen LogP contribution is -2.10. The quantitative estimate of drug-likeness (QED) is 0.142. The minimum absolute atomic E-state index is 0.780. The summed E-state index contributed by atoms with van der Waals surface area (Å²) in [6.45, 7) is 6.06. The van der Waals surface area contributed by atoms with Crippen molar-refractivity contribution in [2.75, 3.05) is 4.90 Å². The number of rotatable bonds is 8. The smallest absolute Gasteiger partial charge is 0.143 e. The molecule has 0 radical (unpaired) electrons. The highest BCUT2D eigenvalue weighted by molar-refractivity contribution is 6.15. The number of benzene rings is 10. The van der Waals surface area contributed by atoms with Crippen LogP contribution in [0.25, 0.3) is 105 Å². The van der Waals surface area contributed by atoms with Crippen LogP contribution in [0.3, 0.4) is 0 Å². The van der Waals surface area contributed by atoms with Gasteiger partial charge in [-0.1, -0.05) is 170 Å². The number of aromatic nitrogens is 1. The number of furan rings is 1. The van der Waals surface area contributed by atoms with Gasteiger partial charge in [-0.2, -0.15) is 0 Å². The van der Waals surface area contributed by atoms with Gasteiger partial charge in [0, 0.05) is 49.4 Å². The average molecular weight is 819 g/mol. The van der Waals surface area contributed by atoms with Crippen LogP contribution in [0.1, 0.15) is 18.2 Å². The third-order valence-corrected chi connectivity index (χ3v) is 12.9. The summed E-state index contributed by atoms with van der Waals surface area (Å²) in [5.74, 6) is 0.780. The molecule has 0 unspecified atom stereocenters. The lowest BCUT2D eigenvalue weighted by Gasteiger charge is -2.28. The lowest BCUT2D eigenvalue weighted by molar-refractivity contribution is 0.604. The molecule has 12 rings (SSSR count). The van der Waals surface area contributed by atoms with Gasteiger partial charge in [0.25, 0.3) is 0 Å². The summed E-state index contributed by atoms with van der Waals surface area (Å²) in [5.41, 5.74) is 13.2. The Morgan fingerprint density at radius 3 is 1.83 bits per heavy atom. The molecule has 10 aromatic carbocycles. The van der Waals surface area contributed by atoms with E-state index in [2.05, 4.69) is 228 Å². The van der Waals surface area contributed by atoms with E-state index in [0.29, 0.717) is 0 Å². The standard InChI is InChI=1S/C61H42N2O/c1-3-15-53-54-25-14-24-49(61(54)64-60(53)4-2)42-30-35-46(36-31-42)62(59-39-44-17-6-7-19-47(44)50-21-9-10-22-51(50)59)45-33-28-40(29-34-45)43-32-37-58-55(38-43)52-23-11-12-26-57(52)63(58)56-27-13-18-41-16-5-8-20-48(41)56/h3-39H,2H2,1H3/b15-3-. The summed E-state index contributed by atoms with van der Waals surface area (Å²) in [4.78, 5) is 2.40. The topological polar surface area (TPSA) is 21.3 Å². The average Bonchev–Trinajstić information content (AvgIpc) is 3.89. The maximum Gasteiger partial charge on any atom is 0.143 e. The zero-order valence-corrected chi connectivity index (χ0v) is 35.4. The van der Waals surface area contributed by atoms with E-state index < -0.39 is 0 Å². The van der Waals surface area contributed by atoms with Gasteiger partial charge in [0.15, 0.2) is 0 Å². The molecule has 0 fully saturated rings. The first-order chi connectivity index (χ1) is 31.7. The molecule has 0 saturated heterocycles. The molecule has 302 valence electrons. The van der Waals surface area contributed by atoms with Crippen molar-refractivity contribution in [3.05, 3.63) is 230 Å². The second kappa shape index (κ2) is 15.2. The number of para-hydroxylation sites is 2. The fourth-order valence-corrected chi connectivity index (χ4v) is 9.93. The highest BCUT2D eigenvalue weighted by Crippen LogP contribution is 2.44. The molecular weight excluding hydrogens is 777 g/mol. The maximum atomic E-state index is 6.44. The number of anilines is 3. The molecule has 0 aliphatic rings. The molecule has 0 N–H and O–H groups in total. The number of fused-ring (bicyclic) bond motifs is 8. The predicted molar refractivity (Wildman–Crippen MR) is 273 cm³/mol. The molecule has 3 heteroatoms. The van der Waals surface area contributed by atoms with E-state index >= 15 is 0 Å². The van der Waals surface area contributed by atoms with Gasteiger partial charge in [-0.25, -0.2) is 0 Å². The monoisotopic (exact) mass is 818 g/mol. The van der Waals surface area contributed by atoms with Gasteiger partial charge < -0.3 is 13.9 Å². The molecule has 0 saturated carbocycles. The summed E-state index contributed by atoms with van der Waals surface area (Å²) in [6, 6.07) is 75.0. The Labute approximate surface area is 371 Å². The van der Waals surface area contributed by atoms with E-state index in [1.54, 1.807) is 6.08 Å². The molecule has 0 spiro atoms. The first kappa shape index (κ1) is 37.4. The predicted octanol–water partition coefficient (Wildman–Crippen LogP) is 17.5. The molecule has 0 amide bonds. The van der Waals surface area contributed by atoms with Gasteiger partial charge in [0.05, 0.1) is 22.4 Å². The summed E-state index contributed by atoms with van der Waals surface area (Å²) in [7, 11) is 0. The van der Waals surface area contributed by atoms with Crippen molar-refractivity contribution in [2.24, 2.45) is 0 Å². The van der Waals surface area contributed by atoms with Gasteiger partial charge in [0.2, 0.25) is 0 Å². The Kier molecular flexibility index (Phi) is 8.87. The minimum Gasteiger partial charge on any atom is -0.455 e. The summed E-state index contributed by atoms with van der Waals surface area (Å²) >= 11 is 0. The normalized spacial score (nSPS) is 11.8. The molecule has 0 bridgehead atoms. The summed E-state index contributed by atoms with van der Waals surface area (Å²) in [5, 5.41) is 10.9. The van der Waals surface area contributed by atoms with Crippen LogP contribution in [-0.2, 0) is 0 Å². The highest BCUT2D eigenvalue weighted by Gasteiger charge is 2.20. The first-order valence-corrected chi connectivity index (χ1v) is 21.9. The van der Waals surface area contributed by atoms with Crippen molar-refractivity contribution in [3.8, 4) is 27.9 Å². The minimum atomic E-state index is 0.780. The van der Waals surface area contributed by atoms with Crippen LogP contribution in [-0.4, -0.2) is 4.57 Å². The Hall–Kier alpha value is -8.40. The van der Waals surface area contributed by atoms with Crippen LogP contribution < -0.4 is 4.90 Å². The van der Waals surface area contributed by atoms with Crippen LogP contribution in [0, 0.1) is 0 Å². The van der Waals surface area contributed by atoms with E-state index in [-0.39, 0.29) is 0 Å². The fourth-order valence-electron chi connectivity index (χ4n) is 9.93. The van der Waals surface area contributed by atoms with Crippen molar-refractivity contribution in [1.29, 1.82) is 0 Å². The number of hydrogen-bond acceptors (Lipinski definition) is 2. The third-order valence-electron chi connectivity index (χ3n) is 12.9. The summed E-state index contributed by atoms with van der Waals surface area (Å²) in [6.07, 6.45) is 5.93. The molecule has 0 atom stereocenters. The van der Waals surface area contributed by atoms with Gasteiger partial charge in [-0.15, -0.1) is 0 Å². The van der Waals surface area contributed by atoms with Crippen molar-refractivity contribution in [2.45, 2.75) is 6.92 Å². The van der Waals surface area contributed by atoms with E-state index in [4.69, 9.17) is 4.42 Å². The van der Waals surface area contributed by atoms with Crippen molar-refractivity contribution in [3.63, 3.8) is 0 Å². The second-order valence-corrected chi connectivity index (χ2v) is 16.4. The third kappa shape index (κ3) is 5.97. The zero-order valence-electron chi connectivity index (χ0n) is 35.4. The van der Waals surface area contributed by atoms with Gasteiger partial charge >= 0.3 is 0 Å². The van der Waals surface area contributed by atoms with E-state index in [9.17, 15) is 0 Å². The molecule has 3 nitrogen and oxygen atoms in total. The zero-order chi connectivity index (χ0) is 42.7. The van der Waals surface area contributed by atoms with Crippen LogP contribution in [0.4, 0.5) is 17.1 Å². The van der Waals surface area contributed by atoms with Crippen LogP contribution in [0.5, 0.6) is 0 Å².